The van der Waals surface area contributed by atoms with Crippen molar-refractivity contribution in [3.05, 3.63) is 58.6 Å². The zero-order chi connectivity index (χ0) is 25.9. The molecule has 0 bridgehead atoms. The number of unbranched alkanes of at least 4 members (excludes halogenated alkanes) is 1. The van der Waals surface area contributed by atoms with Crippen molar-refractivity contribution in [2.45, 2.75) is 63.5 Å². The fraction of sp³-hybridized carbons (Fsp3) is 0.581. The summed E-state index contributed by atoms with van der Waals surface area (Å²) in [5.41, 5.74) is 1.97. The fourth-order valence-electron chi connectivity index (χ4n) is 7.50. The van der Waals surface area contributed by atoms with Crippen LogP contribution in [0.3, 0.4) is 0 Å². The summed E-state index contributed by atoms with van der Waals surface area (Å²) in [7, 11) is 0. The predicted molar refractivity (Wildman–Crippen MR) is 150 cm³/mol. The maximum atomic E-state index is 13.8. The molecule has 4 heterocycles. The highest BCUT2D eigenvalue weighted by atomic mass is 35.5. The number of likely N-dealkylation sites (tertiary alicyclic amines) is 1. The zero-order valence-corrected chi connectivity index (χ0v) is 23.0. The van der Waals surface area contributed by atoms with E-state index in [9.17, 15) is 4.79 Å². The Bertz CT molecular complexity index is 1110. The molecule has 204 valence electrons. The molecule has 3 fully saturated rings. The largest absolute Gasteiger partial charge is 0.454 e. The number of amides is 1. The van der Waals surface area contributed by atoms with Crippen LogP contribution in [0, 0.1) is 11.8 Å². The Hall–Kier alpha value is -2.28. The first-order chi connectivity index (χ1) is 18.7. The van der Waals surface area contributed by atoms with Crippen LogP contribution in [0.2, 0.25) is 5.02 Å². The van der Waals surface area contributed by atoms with Crippen molar-refractivity contribution in [3.8, 4) is 11.5 Å². The molecule has 0 spiro atoms. The molecular formula is C31H40ClN3O3. The molecule has 0 aromatic heterocycles. The second kappa shape index (κ2) is 11.8. The number of rotatable bonds is 9. The van der Waals surface area contributed by atoms with E-state index in [4.69, 9.17) is 21.1 Å². The molecule has 1 amide bonds. The molecule has 2 aromatic rings. The molecular weight excluding hydrogens is 498 g/mol. The number of para-hydroxylation sites is 1. The van der Waals surface area contributed by atoms with Crippen molar-refractivity contribution in [3.63, 3.8) is 0 Å². The van der Waals surface area contributed by atoms with Gasteiger partial charge in [0.15, 0.2) is 11.5 Å². The summed E-state index contributed by atoms with van der Waals surface area (Å²) in [6.45, 7) is 5.61. The Kier molecular flexibility index (Phi) is 8.10. The summed E-state index contributed by atoms with van der Waals surface area (Å²) in [4.78, 5) is 18.8. The van der Waals surface area contributed by atoms with Crippen LogP contribution in [0.4, 0.5) is 0 Å². The number of halogens is 1. The summed E-state index contributed by atoms with van der Waals surface area (Å²) in [5.74, 6) is 3.15. The number of carbonyl (C=O) groups excluding carboxylic acids is 1. The van der Waals surface area contributed by atoms with Crippen LogP contribution in [0.15, 0.2) is 42.5 Å². The van der Waals surface area contributed by atoms with Gasteiger partial charge in [-0.1, -0.05) is 30.2 Å². The average Bonchev–Trinajstić information content (AvgIpc) is 3.43. The van der Waals surface area contributed by atoms with E-state index in [0.29, 0.717) is 35.7 Å². The molecule has 7 heteroatoms. The molecule has 4 atom stereocenters. The molecule has 3 saturated heterocycles. The van der Waals surface area contributed by atoms with E-state index in [-0.39, 0.29) is 5.91 Å². The Morgan fingerprint density at radius 1 is 1.00 bits per heavy atom. The van der Waals surface area contributed by atoms with Crippen LogP contribution in [0.25, 0.3) is 0 Å². The average molecular weight is 538 g/mol. The minimum absolute atomic E-state index is 0.188. The minimum Gasteiger partial charge on any atom is -0.454 e. The first kappa shape index (κ1) is 26.0. The first-order valence-electron chi connectivity index (χ1n) is 14.6. The Balaban J connectivity index is 1.06. The molecule has 0 radical (unpaired) electrons. The fourth-order valence-corrected chi connectivity index (χ4v) is 7.62. The molecule has 6 rings (SSSR count). The Morgan fingerprint density at radius 2 is 1.84 bits per heavy atom. The van der Waals surface area contributed by atoms with Crippen molar-refractivity contribution in [2.75, 3.05) is 39.5 Å². The number of benzene rings is 2. The quantitative estimate of drug-likeness (QED) is 0.435. The van der Waals surface area contributed by atoms with E-state index < -0.39 is 0 Å². The second-order valence-electron chi connectivity index (χ2n) is 11.4. The van der Waals surface area contributed by atoms with Gasteiger partial charge < -0.3 is 19.7 Å². The second-order valence-corrected chi connectivity index (χ2v) is 11.8. The van der Waals surface area contributed by atoms with Crippen molar-refractivity contribution < 1.29 is 14.3 Å². The summed E-state index contributed by atoms with van der Waals surface area (Å²) in [6.07, 6.45) is 9.29. The van der Waals surface area contributed by atoms with Gasteiger partial charge in [-0.05, 0) is 119 Å². The molecule has 6 nitrogen and oxygen atoms in total. The van der Waals surface area contributed by atoms with Crippen molar-refractivity contribution >= 4 is 17.5 Å². The maximum absolute atomic E-state index is 13.8. The monoisotopic (exact) mass is 537 g/mol. The van der Waals surface area contributed by atoms with Crippen LogP contribution in [-0.2, 0) is 6.42 Å². The van der Waals surface area contributed by atoms with E-state index in [1.165, 1.54) is 44.3 Å². The number of fused-ring (bicyclic) bond motifs is 1. The van der Waals surface area contributed by atoms with Crippen LogP contribution >= 0.6 is 11.6 Å². The highest BCUT2D eigenvalue weighted by molar-refractivity contribution is 6.30. The number of nitrogens with one attached hydrogen (secondary N) is 1. The third-order valence-electron chi connectivity index (χ3n) is 9.18. The zero-order valence-electron chi connectivity index (χ0n) is 22.2. The molecule has 0 unspecified atom stereocenters. The Morgan fingerprint density at radius 3 is 2.71 bits per heavy atom. The maximum Gasteiger partial charge on any atom is 0.254 e. The number of hydrogen-bond acceptors (Lipinski definition) is 5. The lowest BCUT2D eigenvalue weighted by Crippen LogP contribution is -2.65. The molecule has 0 aliphatic carbocycles. The summed E-state index contributed by atoms with van der Waals surface area (Å²) in [6, 6.07) is 14.6. The standard InChI is InChI=1S/C31H40ClN3O3/c32-25-13-11-23(12-14-25)31(36)35-20-24-7-4-18-34-19-5-8-26(29(24)34)27(35)9-1-2-16-33-17-15-22-6-3-10-28-30(22)38-21-37-28/h3,6,10-14,24,26-27,29,33H,1-2,4-5,7-9,15-21H2/t24-,26-,27-,29+/m1/s1. The third-order valence-corrected chi connectivity index (χ3v) is 9.43. The Labute approximate surface area is 231 Å². The van der Waals surface area contributed by atoms with Gasteiger partial charge in [0.1, 0.15) is 0 Å². The number of nitrogens with zero attached hydrogens (tertiary/aromatic N) is 2. The van der Waals surface area contributed by atoms with Gasteiger partial charge in [-0.15, -0.1) is 0 Å². The van der Waals surface area contributed by atoms with Crippen molar-refractivity contribution in [1.29, 1.82) is 0 Å². The van der Waals surface area contributed by atoms with E-state index in [2.05, 4.69) is 21.2 Å². The SMILES string of the molecule is O=C(c1ccc(Cl)cc1)N1C[C@H]2CCCN3CCC[C@@H]([C@H]23)[C@H]1CCCCNCCc1cccc2c1OCO2. The van der Waals surface area contributed by atoms with Gasteiger partial charge in [0, 0.05) is 29.2 Å². The van der Waals surface area contributed by atoms with E-state index in [0.717, 1.165) is 62.4 Å². The van der Waals surface area contributed by atoms with Crippen LogP contribution in [0.5, 0.6) is 11.5 Å². The normalized spacial score (nSPS) is 26.3. The van der Waals surface area contributed by atoms with Gasteiger partial charge in [0.25, 0.3) is 5.91 Å². The summed E-state index contributed by atoms with van der Waals surface area (Å²) >= 11 is 6.12. The molecule has 1 N–H and O–H groups in total. The smallest absolute Gasteiger partial charge is 0.254 e. The van der Waals surface area contributed by atoms with Crippen LogP contribution < -0.4 is 14.8 Å². The topological polar surface area (TPSA) is 54.0 Å². The summed E-state index contributed by atoms with van der Waals surface area (Å²) < 4.78 is 11.1. The number of piperidine rings is 3. The molecule has 4 aliphatic rings. The van der Waals surface area contributed by atoms with Gasteiger partial charge in [-0.3, -0.25) is 9.69 Å². The minimum atomic E-state index is 0.188. The molecule has 4 aliphatic heterocycles. The number of carbonyl (C=O) groups is 1. The molecule has 0 saturated carbocycles. The van der Waals surface area contributed by atoms with Gasteiger partial charge in [-0.2, -0.15) is 0 Å². The van der Waals surface area contributed by atoms with E-state index >= 15 is 0 Å². The van der Waals surface area contributed by atoms with Gasteiger partial charge in [-0.25, -0.2) is 0 Å². The van der Waals surface area contributed by atoms with Gasteiger partial charge in [0.2, 0.25) is 6.79 Å². The van der Waals surface area contributed by atoms with Crippen LogP contribution in [0.1, 0.15) is 60.9 Å². The lowest BCUT2D eigenvalue weighted by molar-refractivity contribution is -0.0672. The first-order valence-corrected chi connectivity index (χ1v) is 15.0. The van der Waals surface area contributed by atoms with Gasteiger partial charge in [0.05, 0.1) is 0 Å². The number of ether oxygens (including phenoxy) is 2. The van der Waals surface area contributed by atoms with Crippen LogP contribution in [-0.4, -0.2) is 67.3 Å². The lowest BCUT2D eigenvalue weighted by Gasteiger charge is -2.57. The van der Waals surface area contributed by atoms with Crippen molar-refractivity contribution in [2.24, 2.45) is 11.8 Å². The lowest BCUT2D eigenvalue weighted by atomic mass is 9.69. The molecule has 2 aromatic carbocycles. The number of hydrogen-bond donors (Lipinski definition) is 1. The molecule has 38 heavy (non-hydrogen) atoms. The van der Waals surface area contributed by atoms with E-state index in [1.54, 1.807) is 0 Å². The highest BCUT2D eigenvalue weighted by Crippen LogP contribution is 2.44. The third kappa shape index (κ3) is 5.41. The summed E-state index contributed by atoms with van der Waals surface area (Å²) in [5, 5.41) is 4.30. The predicted octanol–water partition coefficient (Wildman–Crippen LogP) is 5.39. The highest BCUT2D eigenvalue weighted by Gasteiger charge is 2.49. The van der Waals surface area contributed by atoms with E-state index in [1.807, 2.05) is 36.4 Å². The van der Waals surface area contributed by atoms with Gasteiger partial charge >= 0.3 is 0 Å². The van der Waals surface area contributed by atoms with Crippen molar-refractivity contribution in [1.82, 2.24) is 15.1 Å².